The van der Waals surface area contributed by atoms with Gasteiger partial charge in [-0.25, -0.2) is 0 Å². The molecule has 3 rings (SSSR count). The number of hydrogen-bond acceptors (Lipinski definition) is 2. The molecule has 0 saturated carbocycles. The van der Waals surface area contributed by atoms with E-state index in [4.69, 9.17) is 23.2 Å². The molecule has 1 aliphatic heterocycles. The Balaban J connectivity index is 1.83. The molecule has 0 aromatic heterocycles. The molecule has 1 saturated heterocycles. The van der Waals surface area contributed by atoms with Crippen molar-refractivity contribution in [1.29, 1.82) is 0 Å². The Morgan fingerprint density at radius 1 is 1.08 bits per heavy atom. The van der Waals surface area contributed by atoms with E-state index in [9.17, 15) is 9.59 Å². The second-order valence-corrected chi connectivity index (χ2v) is 6.47. The Morgan fingerprint density at radius 3 is 2.54 bits per heavy atom. The van der Waals surface area contributed by atoms with E-state index in [1.165, 1.54) is 0 Å². The highest BCUT2D eigenvalue weighted by molar-refractivity contribution is 6.34. The standard InChI is InChI=1S/C18H16Cl2N2O2/c1-12-17(23)22(16-8-3-2-7-15(16)20)10-9-21(12)18(24)13-5-4-6-14(19)11-13/h2-8,11-12H,9-10H2,1H3/t12-/m1/s1. The smallest absolute Gasteiger partial charge is 0.254 e. The van der Waals surface area contributed by atoms with Gasteiger partial charge in [-0.15, -0.1) is 0 Å². The molecular formula is C18H16Cl2N2O2. The van der Waals surface area contributed by atoms with E-state index in [2.05, 4.69) is 0 Å². The molecule has 4 nitrogen and oxygen atoms in total. The summed E-state index contributed by atoms with van der Waals surface area (Å²) in [6.07, 6.45) is 0. The van der Waals surface area contributed by atoms with Gasteiger partial charge < -0.3 is 9.80 Å². The van der Waals surface area contributed by atoms with Crippen LogP contribution in [0.25, 0.3) is 0 Å². The number of para-hydroxylation sites is 1. The molecular weight excluding hydrogens is 347 g/mol. The molecule has 2 aromatic rings. The van der Waals surface area contributed by atoms with Crippen LogP contribution in [0.2, 0.25) is 10.0 Å². The molecule has 1 fully saturated rings. The maximum atomic E-state index is 12.7. The Labute approximate surface area is 150 Å². The third-order valence-electron chi connectivity index (χ3n) is 4.13. The third kappa shape index (κ3) is 3.12. The van der Waals surface area contributed by atoms with Crippen molar-refractivity contribution in [2.45, 2.75) is 13.0 Å². The van der Waals surface area contributed by atoms with Crippen molar-refractivity contribution in [3.63, 3.8) is 0 Å². The SMILES string of the molecule is C[C@@H]1C(=O)N(c2ccccc2Cl)CCN1C(=O)c1cccc(Cl)c1. The third-order valence-corrected chi connectivity index (χ3v) is 4.69. The van der Waals surface area contributed by atoms with Gasteiger partial charge in [0.15, 0.2) is 0 Å². The molecule has 1 atom stereocenters. The molecule has 0 unspecified atom stereocenters. The summed E-state index contributed by atoms with van der Waals surface area (Å²) in [4.78, 5) is 28.6. The van der Waals surface area contributed by atoms with Gasteiger partial charge in [-0.1, -0.05) is 41.4 Å². The average molecular weight is 363 g/mol. The molecule has 0 N–H and O–H groups in total. The van der Waals surface area contributed by atoms with Crippen molar-refractivity contribution in [3.05, 3.63) is 64.1 Å². The number of piperazine rings is 1. The first-order valence-electron chi connectivity index (χ1n) is 7.61. The van der Waals surface area contributed by atoms with Crippen LogP contribution in [0.3, 0.4) is 0 Å². The topological polar surface area (TPSA) is 40.6 Å². The Hall–Kier alpha value is -2.04. The molecule has 0 radical (unpaired) electrons. The van der Waals surface area contributed by atoms with Crippen LogP contribution in [-0.4, -0.2) is 35.8 Å². The first-order chi connectivity index (χ1) is 11.5. The van der Waals surface area contributed by atoms with Gasteiger partial charge in [0.05, 0.1) is 10.7 Å². The minimum atomic E-state index is -0.568. The van der Waals surface area contributed by atoms with Gasteiger partial charge in [-0.2, -0.15) is 0 Å². The molecule has 0 spiro atoms. The van der Waals surface area contributed by atoms with Crippen molar-refractivity contribution in [3.8, 4) is 0 Å². The number of rotatable bonds is 2. The lowest BCUT2D eigenvalue weighted by atomic mass is 10.1. The highest BCUT2D eigenvalue weighted by Crippen LogP contribution is 2.28. The average Bonchev–Trinajstić information content (AvgIpc) is 2.57. The summed E-state index contributed by atoms with van der Waals surface area (Å²) in [5.41, 5.74) is 1.15. The van der Waals surface area contributed by atoms with Gasteiger partial charge >= 0.3 is 0 Å². The van der Waals surface area contributed by atoms with Gasteiger partial charge in [0.1, 0.15) is 6.04 Å². The lowest BCUT2D eigenvalue weighted by molar-refractivity contribution is -0.124. The number of hydrogen-bond donors (Lipinski definition) is 0. The first kappa shape index (κ1) is 16.8. The van der Waals surface area contributed by atoms with Crippen LogP contribution in [0.15, 0.2) is 48.5 Å². The minimum Gasteiger partial charge on any atom is -0.325 e. The normalized spacial score (nSPS) is 18.0. The fourth-order valence-electron chi connectivity index (χ4n) is 2.84. The summed E-state index contributed by atoms with van der Waals surface area (Å²) in [6.45, 7) is 2.57. The summed E-state index contributed by atoms with van der Waals surface area (Å²) in [7, 11) is 0. The molecule has 124 valence electrons. The number of amides is 2. The molecule has 1 heterocycles. The lowest BCUT2D eigenvalue weighted by Gasteiger charge is -2.39. The number of benzene rings is 2. The summed E-state index contributed by atoms with van der Waals surface area (Å²) in [5, 5.41) is 1.02. The van der Waals surface area contributed by atoms with Gasteiger partial charge in [-0.05, 0) is 37.3 Å². The number of halogens is 2. The zero-order valence-corrected chi connectivity index (χ0v) is 14.6. The fourth-order valence-corrected chi connectivity index (χ4v) is 3.27. The summed E-state index contributed by atoms with van der Waals surface area (Å²) < 4.78 is 0. The highest BCUT2D eigenvalue weighted by atomic mass is 35.5. The van der Waals surface area contributed by atoms with Crippen LogP contribution in [0, 0.1) is 0 Å². The first-order valence-corrected chi connectivity index (χ1v) is 8.37. The molecule has 6 heteroatoms. The predicted octanol–water partition coefficient (Wildman–Crippen LogP) is 3.87. The van der Waals surface area contributed by atoms with Crippen molar-refractivity contribution in [1.82, 2.24) is 4.90 Å². The summed E-state index contributed by atoms with van der Waals surface area (Å²) >= 11 is 12.1. The van der Waals surface area contributed by atoms with E-state index >= 15 is 0 Å². The quantitative estimate of drug-likeness (QED) is 0.813. The van der Waals surface area contributed by atoms with E-state index in [1.54, 1.807) is 53.1 Å². The zero-order valence-electron chi connectivity index (χ0n) is 13.1. The number of carbonyl (C=O) groups is 2. The van der Waals surface area contributed by atoms with E-state index in [0.717, 1.165) is 0 Å². The summed E-state index contributed by atoms with van der Waals surface area (Å²) in [5.74, 6) is -0.345. The Bertz CT molecular complexity index is 794. The molecule has 0 aliphatic carbocycles. The van der Waals surface area contributed by atoms with Crippen molar-refractivity contribution in [2.24, 2.45) is 0 Å². The second kappa shape index (κ2) is 6.83. The molecule has 2 amide bonds. The molecule has 0 bridgehead atoms. The van der Waals surface area contributed by atoms with Crippen LogP contribution < -0.4 is 4.90 Å². The number of carbonyl (C=O) groups excluding carboxylic acids is 2. The maximum absolute atomic E-state index is 12.7. The number of nitrogens with zero attached hydrogens (tertiary/aromatic N) is 2. The van der Waals surface area contributed by atoms with Crippen LogP contribution in [0.4, 0.5) is 5.69 Å². The number of anilines is 1. The molecule has 1 aliphatic rings. The van der Waals surface area contributed by atoms with E-state index in [1.807, 2.05) is 12.1 Å². The van der Waals surface area contributed by atoms with Crippen LogP contribution >= 0.6 is 23.2 Å². The molecule has 2 aromatic carbocycles. The van der Waals surface area contributed by atoms with Crippen molar-refractivity contribution in [2.75, 3.05) is 18.0 Å². The Kier molecular flexibility index (Phi) is 4.78. The van der Waals surface area contributed by atoms with Crippen LogP contribution in [-0.2, 0) is 4.79 Å². The van der Waals surface area contributed by atoms with Gasteiger partial charge in [-0.3, -0.25) is 9.59 Å². The van der Waals surface area contributed by atoms with E-state index < -0.39 is 6.04 Å². The lowest BCUT2D eigenvalue weighted by Crippen LogP contribution is -2.57. The monoisotopic (exact) mass is 362 g/mol. The second-order valence-electron chi connectivity index (χ2n) is 5.63. The van der Waals surface area contributed by atoms with Gasteiger partial charge in [0.25, 0.3) is 5.91 Å². The van der Waals surface area contributed by atoms with Crippen LogP contribution in [0.1, 0.15) is 17.3 Å². The van der Waals surface area contributed by atoms with E-state index in [0.29, 0.717) is 34.4 Å². The van der Waals surface area contributed by atoms with Crippen molar-refractivity contribution >= 4 is 40.7 Å². The highest BCUT2D eigenvalue weighted by Gasteiger charge is 2.35. The van der Waals surface area contributed by atoms with Crippen LogP contribution in [0.5, 0.6) is 0 Å². The van der Waals surface area contributed by atoms with Gasteiger partial charge in [0.2, 0.25) is 5.91 Å². The largest absolute Gasteiger partial charge is 0.325 e. The van der Waals surface area contributed by atoms with E-state index in [-0.39, 0.29) is 11.8 Å². The van der Waals surface area contributed by atoms with Crippen molar-refractivity contribution < 1.29 is 9.59 Å². The minimum absolute atomic E-state index is 0.148. The van der Waals surface area contributed by atoms with Gasteiger partial charge in [0, 0.05) is 23.7 Å². The fraction of sp³-hybridized carbons (Fsp3) is 0.222. The predicted molar refractivity (Wildman–Crippen MR) is 95.8 cm³/mol. The summed E-state index contributed by atoms with van der Waals surface area (Å²) in [6, 6.07) is 13.4. The Morgan fingerprint density at radius 2 is 1.83 bits per heavy atom. The zero-order chi connectivity index (χ0) is 17.3. The maximum Gasteiger partial charge on any atom is 0.254 e. The molecule has 24 heavy (non-hydrogen) atoms.